The largest absolute Gasteiger partial charge is 0.382 e. The predicted molar refractivity (Wildman–Crippen MR) is 91.9 cm³/mol. The van der Waals surface area contributed by atoms with Crippen molar-refractivity contribution in [2.45, 2.75) is 0 Å². The van der Waals surface area contributed by atoms with Crippen LogP contribution in [0.5, 0.6) is 0 Å². The van der Waals surface area contributed by atoms with Gasteiger partial charge in [0, 0.05) is 19.7 Å². The van der Waals surface area contributed by atoms with Gasteiger partial charge in [-0.2, -0.15) is 0 Å². The Kier molecular flexibility index (Phi) is 4.96. The molecule has 0 saturated carbocycles. The molecule has 8 nitrogen and oxygen atoms in total. The molecule has 7 N–H and O–H groups in total. The number of hydrogen-bond donors (Lipinski definition) is 4. The van der Waals surface area contributed by atoms with Crippen LogP contribution in [0.15, 0.2) is 30.3 Å². The standard InChI is InChI=1S/C16H17N7O/c1-23(2)14-11(9-8-10-6-4-3-5-7-10)20-12(13(17)21-14)15(24)22-16(18)19/h3-7H,1-2H3,(H2,17,21)(H4,18,19,22,24)/p+1. The summed E-state index contributed by atoms with van der Waals surface area (Å²) in [7, 11) is 3.56. The number of nitrogens with one attached hydrogen (secondary N) is 1. The minimum atomic E-state index is -0.645. The fourth-order valence-electron chi connectivity index (χ4n) is 1.84. The molecular weight excluding hydrogens is 306 g/mol. The van der Waals surface area contributed by atoms with E-state index in [1.807, 2.05) is 30.3 Å². The van der Waals surface area contributed by atoms with Crippen LogP contribution < -0.4 is 27.1 Å². The fraction of sp³-hybridized carbons (Fsp3) is 0.125. The van der Waals surface area contributed by atoms with Crippen LogP contribution >= 0.6 is 0 Å². The van der Waals surface area contributed by atoms with E-state index in [4.69, 9.17) is 17.2 Å². The van der Waals surface area contributed by atoms with E-state index in [0.29, 0.717) is 11.5 Å². The number of nitrogens with two attached hydrogens (primary N) is 3. The van der Waals surface area contributed by atoms with Gasteiger partial charge < -0.3 is 10.6 Å². The summed E-state index contributed by atoms with van der Waals surface area (Å²) in [6.07, 6.45) is 0. The Bertz CT molecular complexity index is 844. The van der Waals surface area contributed by atoms with Crippen molar-refractivity contribution in [1.29, 1.82) is 0 Å². The van der Waals surface area contributed by atoms with Crippen LogP contribution in [0.3, 0.4) is 0 Å². The second-order valence-electron chi connectivity index (χ2n) is 5.05. The first-order valence-corrected chi connectivity index (χ1v) is 6.99. The second kappa shape index (κ2) is 7.11. The summed E-state index contributed by atoms with van der Waals surface area (Å²) in [6, 6.07) is 9.39. The number of carbonyl (C=O) groups is 1. The van der Waals surface area contributed by atoms with Crippen LogP contribution in [0.2, 0.25) is 0 Å². The van der Waals surface area contributed by atoms with Crippen molar-refractivity contribution < 1.29 is 9.79 Å². The number of amides is 1. The molecular formula is C16H18N7O+. The number of carbonyl (C=O) groups excluding carboxylic acids is 1. The molecule has 8 heteroatoms. The number of rotatable bonds is 2. The molecule has 2 rings (SSSR count). The van der Waals surface area contributed by atoms with Crippen LogP contribution in [0.1, 0.15) is 21.7 Å². The van der Waals surface area contributed by atoms with Crippen molar-refractivity contribution in [3.05, 3.63) is 47.3 Å². The molecule has 0 bridgehead atoms. The minimum absolute atomic E-state index is 0.0392. The van der Waals surface area contributed by atoms with Gasteiger partial charge in [0.1, 0.15) is 0 Å². The average molecular weight is 324 g/mol. The first kappa shape index (κ1) is 16.8. The first-order chi connectivity index (χ1) is 11.4. The van der Waals surface area contributed by atoms with E-state index >= 15 is 0 Å². The average Bonchev–Trinajstić information content (AvgIpc) is 2.53. The minimum Gasteiger partial charge on any atom is -0.382 e. The third kappa shape index (κ3) is 3.98. The maximum atomic E-state index is 12.0. The topological polar surface area (TPSA) is 138 Å². The number of anilines is 2. The van der Waals surface area contributed by atoms with Gasteiger partial charge in [0.05, 0.1) is 0 Å². The van der Waals surface area contributed by atoms with Gasteiger partial charge in [-0.25, -0.2) is 19.8 Å². The molecule has 0 aliphatic heterocycles. The van der Waals surface area contributed by atoms with Gasteiger partial charge in [-0.3, -0.25) is 11.5 Å². The molecule has 0 spiro atoms. The van der Waals surface area contributed by atoms with Crippen molar-refractivity contribution in [2.75, 3.05) is 24.7 Å². The van der Waals surface area contributed by atoms with Gasteiger partial charge in [-0.05, 0) is 18.1 Å². The lowest BCUT2D eigenvalue weighted by atomic mass is 10.2. The summed E-state index contributed by atoms with van der Waals surface area (Å²) in [6.45, 7) is 0. The molecule has 122 valence electrons. The van der Waals surface area contributed by atoms with Crippen LogP contribution in [0.4, 0.5) is 11.6 Å². The third-order valence-electron chi connectivity index (χ3n) is 2.90. The summed E-state index contributed by atoms with van der Waals surface area (Å²) >= 11 is 0. The van der Waals surface area contributed by atoms with Crippen LogP contribution in [-0.2, 0) is 0 Å². The Hall–Kier alpha value is -3.60. The van der Waals surface area contributed by atoms with Crippen molar-refractivity contribution in [2.24, 2.45) is 11.5 Å². The van der Waals surface area contributed by atoms with E-state index in [9.17, 15) is 4.79 Å². The maximum Gasteiger partial charge on any atom is 0.346 e. The molecule has 1 amide bonds. The number of nitrogens with zero attached hydrogens (tertiary/aromatic N) is 3. The summed E-state index contributed by atoms with van der Waals surface area (Å²) in [4.78, 5) is 24.4. The highest BCUT2D eigenvalue weighted by molar-refractivity contribution is 5.92. The molecule has 1 aromatic carbocycles. The van der Waals surface area contributed by atoms with Crippen LogP contribution in [0.25, 0.3) is 0 Å². The van der Waals surface area contributed by atoms with Gasteiger partial charge in [0.25, 0.3) is 0 Å². The summed E-state index contributed by atoms with van der Waals surface area (Å²) < 4.78 is 0. The van der Waals surface area contributed by atoms with Crippen molar-refractivity contribution in [3.8, 4) is 11.8 Å². The normalized spacial score (nSPS) is 9.58. The maximum absolute atomic E-state index is 12.0. The fourth-order valence-corrected chi connectivity index (χ4v) is 1.84. The lowest BCUT2D eigenvalue weighted by molar-refractivity contribution is -0.347. The summed E-state index contributed by atoms with van der Waals surface area (Å²) in [5.41, 5.74) is 17.4. The zero-order chi connectivity index (χ0) is 17.7. The molecule has 0 atom stereocenters. The summed E-state index contributed by atoms with van der Waals surface area (Å²) in [5.74, 6) is 5.41. The SMILES string of the molecule is CN(C)c1nc(N)c(C(=O)[NH+]=C(N)N)nc1C#Cc1ccccc1. The van der Waals surface area contributed by atoms with Gasteiger partial charge in [-0.15, -0.1) is 0 Å². The molecule has 0 aliphatic rings. The molecule has 2 aromatic rings. The molecule has 0 aliphatic carbocycles. The lowest BCUT2D eigenvalue weighted by Crippen LogP contribution is -2.81. The highest BCUT2D eigenvalue weighted by atomic mass is 16.1. The Morgan fingerprint density at radius 2 is 1.79 bits per heavy atom. The first-order valence-electron chi connectivity index (χ1n) is 6.99. The molecule has 0 unspecified atom stereocenters. The number of guanidine groups is 1. The van der Waals surface area contributed by atoms with E-state index in [2.05, 4.69) is 26.8 Å². The van der Waals surface area contributed by atoms with E-state index in [1.165, 1.54) is 0 Å². The third-order valence-corrected chi connectivity index (χ3v) is 2.90. The van der Waals surface area contributed by atoms with Gasteiger partial charge in [0.15, 0.2) is 23.0 Å². The summed E-state index contributed by atoms with van der Waals surface area (Å²) in [5, 5.41) is 0. The Morgan fingerprint density at radius 1 is 1.12 bits per heavy atom. The number of aromatic nitrogens is 2. The highest BCUT2D eigenvalue weighted by Gasteiger charge is 2.19. The Labute approximate surface area is 139 Å². The molecule has 0 fully saturated rings. The van der Waals surface area contributed by atoms with E-state index in [-0.39, 0.29) is 17.5 Å². The zero-order valence-electron chi connectivity index (χ0n) is 13.4. The van der Waals surface area contributed by atoms with E-state index < -0.39 is 5.91 Å². The number of nitrogen functional groups attached to an aromatic ring is 1. The monoisotopic (exact) mass is 324 g/mol. The molecule has 1 aromatic heterocycles. The number of hydrogen-bond acceptors (Lipinski definition) is 5. The smallest absolute Gasteiger partial charge is 0.346 e. The van der Waals surface area contributed by atoms with Crippen molar-refractivity contribution >= 4 is 23.5 Å². The van der Waals surface area contributed by atoms with E-state index in [1.54, 1.807) is 19.0 Å². The zero-order valence-corrected chi connectivity index (χ0v) is 13.4. The van der Waals surface area contributed by atoms with Gasteiger partial charge in [0.2, 0.25) is 0 Å². The molecule has 24 heavy (non-hydrogen) atoms. The second-order valence-corrected chi connectivity index (χ2v) is 5.05. The Morgan fingerprint density at radius 3 is 2.38 bits per heavy atom. The van der Waals surface area contributed by atoms with Crippen molar-refractivity contribution in [1.82, 2.24) is 9.97 Å². The quantitative estimate of drug-likeness (QED) is 0.285. The highest BCUT2D eigenvalue weighted by Crippen LogP contribution is 2.17. The van der Waals surface area contributed by atoms with Crippen molar-refractivity contribution in [3.63, 3.8) is 0 Å². The van der Waals surface area contributed by atoms with E-state index in [0.717, 1.165) is 5.56 Å². The van der Waals surface area contributed by atoms with Gasteiger partial charge in [-0.1, -0.05) is 24.1 Å². The Balaban J connectivity index is 2.54. The lowest BCUT2D eigenvalue weighted by Gasteiger charge is -2.14. The van der Waals surface area contributed by atoms with Crippen LogP contribution in [-0.4, -0.2) is 35.9 Å². The molecule has 1 heterocycles. The van der Waals surface area contributed by atoms with Gasteiger partial charge >= 0.3 is 11.9 Å². The van der Waals surface area contributed by atoms with Crippen LogP contribution in [0, 0.1) is 11.8 Å². The molecule has 0 saturated heterocycles. The molecule has 0 radical (unpaired) electrons. The number of benzene rings is 1. The predicted octanol–water partition coefficient (Wildman–Crippen LogP) is -1.98.